The summed E-state index contributed by atoms with van der Waals surface area (Å²) in [4.78, 5) is 38.3. The van der Waals surface area contributed by atoms with Crippen molar-refractivity contribution >= 4 is 23.2 Å². The number of carbonyl (C=O) groups excluding carboxylic acids is 1. The first-order chi connectivity index (χ1) is 15.1. The van der Waals surface area contributed by atoms with Crippen LogP contribution in [0.25, 0.3) is 0 Å². The third-order valence-electron chi connectivity index (χ3n) is 5.93. The molecule has 1 amide bonds. The molecule has 1 saturated heterocycles. The Morgan fingerprint density at radius 1 is 1.29 bits per heavy atom. The molecule has 2 aromatic rings. The van der Waals surface area contributed by atoms with Crippen LogP contribution in [0, 0.1) is 10.1 Å². The largest absolute Gasteiger partial charge is 0.459 e. The molecule has 31 heavy (non-hydrogen) atoms. The van der Waals surface area contributed by atoms with Gasteiger partial charge in [0.15, 0.2) is 5.76 Å². The maximum atomic E-state index is 12.5. The average molecular weight is 426 g/mol. The molecule has 164 valence electrons. The molecule has 4 rings (SSSR count). The highest BCUT2D eigenvalue weighted by Crippen LogP contribution is 2.38. The summed E-state index contributed by atoms with van der Waals surface area (Å²) < 4.78 is 5.20. The van der Waals surface area contributed by atoms with Crippen LogP contribution in [0.3, 0.4) is 0 Å². The van der Waals surface area contributed by atoms with Crippen LogP contribution in [0.1, 0.15) is 36.2 Å². The number of piperazine rings is 1. The summed E-state index contributed by atoms with van der Waals surface area (Å²) >= 11 is 0. The van der Waals surface area contributed by atoms with Crippen molar-refractivity contribution in [2.75, 3.05) is 42.5 Å². The van der Waals surface area contributed by atoms with Gasteiger partial charge in [0.2, 0.25) is 11.6 Å². The number of rotatable bonds is 7. The minimum absolute atomic E-state index is 0.0814. The van der Waals surface area contributed by atoms with E-state index in [0.29, 0.717) is 50.1 Å². The first-order valence-electron chi connectivity index (χ1n) is 10.5. The molecule has 0 aromatic carbocycles. The van der Waals surface area contributed by atoms with E-state index in [1.807, 2.05) is 9.80 Å². The van der Waals surface area contributed by atoms with Crippen LogP contribution in [0.2, 0.25) is 0 Å². The van der Waals surface area contributed by atoms with Crippen molar-refractivity contribution in [2.24, 2.45) is 0 Å². The number of nitrogens with zero attached hydrogens (tertiary/aromatic N) is 6. The molecular formula is C21H26N6O4. The molecule has 0 N–H and O–H groups in total. The fraction of sp³-hybridized carbons (Fsp3) is 0.476. The Labute approximate surface area is 180 Å². The molecule has 0 unspecified atom stereocenters. The predicted octanol–water partition coefficient (Wildman–Crippen LogP) is 2.88. The van der Waals surface area contributed by atoms with Crippen LogP contribution in [0.5, 0.6) is 0 Å². The minimum Gasteiger partial charge on any atom is -0.459 e. The number of anilines is 2. The quantitative estimate of drug-likeness (QED) is 0.378. The maximum Gasteiger partial charge on any atom is 0.353 e. The van der Waals surface area contributed by atoms with Gasteiger partial charge in [0.1, 0.15) is 6.33 Å². The molecule has 3 heterocycles. The van der Waals surface area contributed by atoms with Crippen molar-refractivity contribution in [3.05, 3.63) is 53.3 Å². The molecule has 0 bridgehead atoms. The van der Waals surface area contributed by atoms with Crippen molar-refractivity contribution in [1.82, 2.24) is 14.9 Å². The van der Waals surface area contributed by atoms with Gasteiger partial charge in [-0.05, 0) is 25.0 Å². The molecule has 0 radical (unpaired) electrons. The Kier molecular flexibility index (Phi) is 6.15. The smallest absolute Gasteiger partial charge is 0.353 e. The molecule has 2 aliphatic rings. The standard InChI is InChI=1S/C21H26N6O4/c1-2-9-26(16-6-3-4-7-16)20-18(27(29)30)19(22-15-23-20)24-10-12-25(13-11-24)21(28)17-8-5-14-31-17/h2,5,8,14-16H,1,3-4,6-7,9-13H2. The number of carbonyl (C=O) groups is 1. The summed E-state index contributed by atoms with van der Waals surface area (Å²) in [7, 11) is 0. The van der Waals surface area contributed by atoms with E-state index < -0.39 is 4.92 Å². The third-order valence-corrected chi connectivity index (χ3v) is 5.93. The van der Waals surface area contributed by atoms with Gasteiger partial charge in [-0.3, -0.25) is 14.9 Å². The number of amides is 1. The van der Waals surface area contributed by atoms with E-state index in [0.717, 1.165) is 25.7 Å². The lowest BCUT2D eigenvalue weighted by Gasteiger charge is -2.35. The van der Waals surface area contributed by atoms with E-state index in [1.54, 1.807) is 23.1 Å². The molecule has 10 heteroatoms. The summed E-state index contributed by atoms with van der Waals surface area (Å²) in [5.41, 5.74) is -0.0814. The van der Waals surface area contributed by atoms with Crippen LogP contribution in [0.15, 0.2) is 41.8 Å². The van der Waals surface area contributed by atoms with Crippen molar-refractivity contribution < 1.29 is 14.1 Å². The zero-order valence-corrected chi connectivity index (χ0v) is 17.4. The Morgan fingerprint density at radius 2 is 2.03 bits per heavy atom. The number of furan rings is 1. The molecule has 2 aromatic heterocycles. The average Bonchev–Trinajstić information content (AvgIpc) is 3.51. The molecule has 0 atom stereocenters. The third kappa shape index (κ3) is 4.23. The lowest BCUT2D eigenvalue weighted by atomic mass is 10.2. The van der Waals surface area contributed by atoms with Gasteiger partial charge in [0.05, 0.1) is 11.2 Å². The monoisotopic (exact) mass is 426 g/mol. The van der Waals surface area contributed by atoms with Crippen molar-refractivity contribution in [3.8, 4) is 0 Å². The van der Waals surface area contributed by atoms with Crippen LogP contribution in [-0.2, 0) is 0 Å². The van der Waals surface area contributed by atoms with Gasteiger partial charge in [-0.2, -0.15) is 0 Å². The molecule has 2 fully saturated rings. The van der Waals surface area contributed by atoms with Gasteiger partial charge in [0.25, 0.3) is 5.91 Å². The van der Waals surface area contributed by atoms with Crippen LogP contribution in [0.4, 0.5) is 17.3 Å². The number of aromatic nitrogens is 2. The van der Waals surface area contributed by atoms with E-state index in [9.17, 15) is 14.9 Å². The Morgan fingerprint density at radius 3 is 2.65 bits per heavy atom. The summed E-state index contributed by atoms with van der Waals surface area (Å²) in [5, 5.41) is 12.1. The minimum atomic E-state index is -0.393. The van der Waals surface area contributed by atoms with Gasteiger partial charge in [-0.15, -0.1) is 6.58 Å². The summed E-state index contributed by atoms with van der Waals surface area (Å²) in [6.45, 7) is 6.04. The van der Waals surface area contributed by atoms with Gasteiger partial charge in [-0.1, -0.05) is 18.9 Å². The van der Waals surface area contributed by atoms with Crippen molar-refractivity contribution in [1.29, 1.82) is 0 Å². The summed E-state index contributed by atoms with van der Waals surface area (Å²) in [5.74, 6) is 0.754. The number of hydrogen-bond donors (Lipinski definition) is 0. The van der Waals surface area contributed by atoms with E-state index in [4.69, 9.17) is 4.42 Å². The molecule has 1 aliphatic carbocycles. The predicted molar refractivity (Wildman–Crippen MR) is 115 cm³/mol. The van der Waals surface area contributed by atoms with Crippen molar-refractivity contribution in [3.63, 3.8) is 0 Å². The first-order valence-corrected chi connectivity index (χ1v) is 10.5. The van der Waals surface area contributed by atoms with Crippen LogP contribution >= 0.6 is 0 Å². The second-order valence-corrected chi connectivity index (χ2v) is 7.76. The fourth-order valence-corrected chi connectivity index (χ4v) is 4.41. The zero-order valence-electron chi connectivity index (χ0n) is 17.4. The van der Waals surface area contributed by atoms with E-state index in [-0.39, 0.29) is 17.6 Å². The lowest BCUT2D eigenvalue weighted by molar-refractivity contribution is -0.383. The topological polar surface area (TPSA) is 109 Å². The highest BCUT2D eigenvalue weighted by molar-refractivity contribution is 5.91. The van der Waals surface area contributed by atoms with Gasteiger partial charge >= 0.3 is 5.69 Å². The molecule has 0 spiro atoms. The van der Waals surface area contributed by atoms with Gasteiger partial charge in [0, 0.05) is 38.8 Å². The van der Waals surface area contributed by atoms with E-state index in [1.165, 1.54) is 12.6 Å². The molecule has 1 saturated carbocycles. The second kappa shape index (κ2) is 9.15. The molecule has 10 nitrogen and oxygen atoms in total. The lowest BCUT2D eigenvalue weighted by Crippen LogP contribution is -2.49. The number of nitro groups is 1. The maximum absolute atomic E-state index is 12.5. The Hall–Kier alpha value is -3.43. The summed E-state index contributed by atoms with van der Waals surface area (Å²) in [6, 6.07) is 3.52. The normalized spacial score (nSPS) is 17.0. The highest BCUT2D eigenvalue weighted by Gasteiger charge is 2.35. The summed E-state index contributed by atoms with van der Waals surface area (Å²) in [6.07, 6.45) is 8.79. The molecule has 1 aliphatic heterocycles. The van der Waals surface area contributed by atoms with Gasteiger partial charge in [-0.25, -0.2) is 9.97 Å². The Bertz CT molecular complexity index is 933. The van der Waals surface area contributed by atoms with Crippen molar-refractivity contribution in [2.45, 2.75) is 31.7 Å². The van der Waals surface area contributed by atoms with Crippen LogP contribution < -0.4 is 9.80 Å². The fourth-order valence-electron chi connectivity index (χ4n) is 4.41. The number of hydrogen-bond acceptors (Lipinski definition) is 8. The second-order valence-electron chi connectivity index (χ2n) is 7.76. The Balaban J connectivity index is 1.57. The highest BCUT2D eigenvalue weighted by atomic mass is 16.6. The van der Waals surface area contributed by atoms with Gasteiger partial charge < -0.3 is 19.1 Å². The zero-order chi connectivity index (χ0) is 21.8. The van der Waals surface area contributed by atoms with E-state index in [2.05, 4.69) is 16.5 Å². The van der Waals surface area contributed by atoms with E-state index >= 15 is 0 Å². The molecular weight excluding hydrogens is 400 g/mol. The van der Waals surface area contributed by atoms with Crippen LogP contribution in [-0.4, -0.2) is 64.5 Å². The first kappa shape index (κ1) is 20.8. The SMILES string of the molecule is C=CCN(c1ncnc(N2CCN(C(=O)c3ccco3)CC2)c1[N+](=O)[O-])C1CCCC1.